The topological polar surface area (TPSA) is 68.3 Å². The van der Waals surface area contributed by atoms with Crippen molar-refractivity contribution in [2.24, 2.45) is 0 Å². The van der Waals surface area contributed by atoms with Gasteiger partial charge in [-0.15, -0.1) is 11.8 Å². The van der Waals surface area contributed by atoms with E-state index in [1.807, 2.05) is 12.3 Å². The summed E-state index contributed by atoms with van der Waals surface area (Å²) in [6.07, 6.45) is 2.23. The first-order chi connectivity index (χ1) is 14.0. The van der Waals surface area contributed by atoms with E-state index in [-0.39, 0.29) is 0 Å². The van der Waals surface area contributed by atoms with E-state index >= 15 is 0 Å². The summed E-state index contributed by atoms with van der Waals surface area (Å²) < 4.78 is 5.59. The van der Waals surface area contributed by atoms with Gasteiger partial charge in [-0.3, -0.25) is 4.79 Å². The Hall–Kier alpha value is -2.54. The molecule has 0 unspecified atom stereocenters. The standard InChI is InChI=1S/C21H16Cl2N2O3S/c1-29-20-17(8-5-9-24-20)21(27)28-18(13-6-3-2-4-7-13)19(26)25-16-11-14(22)10-15(23)12-16/h2-12,18H,1H3,(H,25,26)/t18-/m0/s1. The van der Waals surface area contributed by atoms with Crippen LogP contribution >= 0.6 is 35.0 Å². The molecule has 148 valence electrons. The van der Waals surface area contributed by atoms with Crippen LogP contribution < -0.4 is 5.32 Å². The highest BCUT2D eigenvalue weighted by Gasteiger charge is 2.27. The minimum Gasteiger partial charge on any atom is -0.444 e. The van der Waals surface area contributed by atoms with Crippen molar-refractivity contribution in [3.63, 3.8) is 0 Å². The molecular weight excluding hydrogens is 431 g/mol. The van der Waals surface area contributed by atoms with E-state index in [4.69, 9.17) is 27.9 Å². The lowest BCUT2D eigenvalue weighted by Gasteiger charge is -2.19. The van der Waals surface area contributed by atoms with Gasteiger partial charge in [0.05, 0.1) is 5.56 Å². The molecule has 1 N–H and O–H groups in total. The number of esters is 1. The second-order valence-corrected chi connectivity index (χ2v) is 7.57. The van der Waals surface area contributed by atoms with Crippen LogP contribution in [0.25, 0.3) is 0 Å². The molecule has 1 aromatic heterocycles. The minimum atomic E-state index is -1.17. The lowest BCUT2D eigenvalue weighted by atomic mass is 10.1. The highest BCUT2D eigenvalue weighted by Crippen LogP contribution is 2.27. The van der Waals surface area contributed by atoms with E-state index in [0.29, 0.717) is 31.9 Å². The number of carbonyl (C=O) groups is 2. The number of thioether (sulfide) groups is 1. The largest absolute Gasteiger partial charge is 0.444 e. The Bertz CT molecular complexity index is 1010. The molecule has 0 fully saturated rings. The van der Waals surface area contributed by atoms with Crippen molar-refractivity contribution >= 4 is 52.5 Å². The van der Waals surface area contributed by atoms with Crippen LogP contribution in [0.4, 0.5) is 5.69 Å². The maximum atomic E-state index is 13.0. The minimum absolute atomic E-state index is 0.291. The number of ether oxygens (including phenoxy) is 1. The third-order valence-corrected chi connectivity index (χ3v) is 5.03. The summed E-state index contributed by atoms with van der Waals surface area (Å²) in [4.78, 5) is 29.9. The first-order valence-electron chi connectivity index (χ1n) is 8.50. The second kappa shape index (κ2) is 9.78. The van der Waals surface area contributed by atoms with Gasteiger partial charge < -0.3 is 10.1 Å². The number of hydrogen-bond acceptors (Lipinski definition) is 5. The number of amides is 1. The van der Waals surface area contributed by atoms with Crippen molar-refractivity contribution in [1.82, 2.24) is 4.98 Å². The Morgan fingerprint density at radius 2 is 1.72 bits per heavy atom. The van der Waals surface area contributed by atoms with Crippen molar-refractivity contribution in [2.45, 2.75) is 11.1 Å². The predicted octanol–water partition coefficient (Wildman–Crippen LogP) is 5.65. The molecule has 3 aromatic rings. The fourth-order valence-electron chi connectivity index (χ4n) is 2.61. The van der Waals surface area contributed by atoms with E-state index in [1.54, 1.807) is 60.8 Å². The maximum absolute atomic E-state index is 13.0. The Balaban J connectivity index is 1.88. The van der Waals surface area contributed by atoms with Gasteiger partial charge in [-0.1, -0.05) is 53.5 Å². The quantitative estimate of drug-likeness (QED) is 0.391. The molecule has 0 spiro atoms. The SMILES string of the molecule is CSc1ncccc1C(=O)O[C@H](C(=O)Nc1cc(Cl)cc(Cl)c1)c1ccccc1. The van der Waals surface area contributed by atoms with Gasteiger partial charge in [-0.25, -0.2) is 9.78 Å². The molecule has 0 aliphatic carbocycles. The first kappa shape index (κ1) is 21.2. The molecule has 2 aromatic carbocycles. The lowest BCUT2D eigenvalue weighted by molar-refractivity contribution is -0.125. The van der Waals surface area contributed by atoms with Crippen LogP contribution in [0, 0.1) is 0 Å². The van der Waals surface area contributed by atoms with Crippen LogP contribution in [0.2, 0.25) is 10.0 Å². The predicted molar refractivity (Wildman–Crippen MR) is 116 cm³/mol. The summed E-state index contributed by atoms with van der Waals surface area (Å²) in [7, 11) is 0. The molecule has 0 aliphatic heterocycles. The number of hydrogen-bond donors (Lipinski definition) is 1. The van der Waals surface area contributed by atoms with E-state index in [9.17, 15) is 9.59 Å². The zero-order valence-corrected chi connectivity index (χ0v) is 17.6. The van der Waals surface area contributed by atoms with Gasteiger partial charge in [0.25, 0.3) is 5.91 Å². The number of halogens is 2. The van der Waals surface area contributed by atoms with E-state index in [2.05, 4.69) is 10.3 Å². The summed E-state index contributed by atoms with van der Waals surface area (Å²) in [5.41, 5.74) is 1.22. The van der Waals surface area contributed by atoms with Crippen LogP contribution in [0.3, 0.4) is 0 Å². The Morgan fingerprint density at radius 1 is 1.03 bits per heavy atom. The number of aromatic nitrogens is 1. The highest BCUT2D eigenvalue weighted by atomic mass is 35.5. The second-order valence-electron chi connectivity index (χ2n) is 5.90. The smallest absolute Gasteiger partial charge is 0.342 e. The molecule has 29 heavy (non-hydrogen) atoms. The van der Waals surface area contributed by atoms with Gasteiger partial charge in [0, 0.05) is 27.5 Å². The summed E-state index contributed by atoms with van der Waals surface area (Å²) in [5, 5.41) is 3.97. The molecule has 0 saturated carbocycles. The Labute approximate surface area is 182 Å². The zero-order chi connectivity index (χ0) is 20.8. The molecular formula is C21H16Cl2N2O3S. The third kappa shape index (κ3) is 5.50. The molecule has 0 saturated heterocycles. The molecule has 5 nitrogen and oxygen atoms in total. The highest BCUT2D eigenvalue weighted by molar-refractivity contribution is 7.98. The summed E-state index contributed by atoms with van der Waals surface area (Å²) >= 11 is 13.3. The average molecular weight is 447 g/mol. The molecule has 0 bridgehead atoms. The van der Waals surface area contributed by atoms with Crippen LogP contribution in [-0.2, 0) is 9.53 Å². The van der Waals surface area contributed by atoms with E-state index in [1.165, 1.54) is 11.8 Å². The summed E-state index contributed by atoms with van der Waals surface area (Å²) in [6, 6.07) is 16.7. The number of benzene rings is 2. The van der Waals surface area contributed by atoms with Crippen molar-refractivity contribution in [2.75, 3.05) is 11.6 Å². The monoisotopic (exact) mass is 446 g/mol. The van der Waals surface area contributed by atoms with Crippen LogP contribution in [0.15, 0.2) is 71.9 Å². The van der Waals surface area contributed by atoms with Crippen molar-refractivity contribution in [3.8, 4) is 0 Å². The fourth-order valence-corrected chi connectivity index (χ4v) is 3.68. The maximum Gasteiger partial charge on any atom is 0.342 e. The molecule has 3 rings (SSSR count). The number of pyridine rings is 1. The normalized spacial score (nSPS) is 11.6. The van der Waals surface area contributed by atoms with Crippen molar-refractivity contribution in [1.29, 1.82) is 0 Å². The molecule has 0 radical (unpaired) electrons. The number of nitrogens with zero attached hydrogens (tertiary/aromatic N) is 1. The third-order valence-electron chi connectivity index (χ3n) is 3.88. The van der Waals surface area contributed by atoms with Gasteiger partial charge in [-0.05, 0) is 36.6 Å². The van der Waals surface area contributed by atoms with Crippen LogP contribution in [0.5, 0.6) is 0 Å². The zero-order valence-electron chi connectivity index (χ0n) is 15.3. The van der Waals surface area contributed by atoms with Gasteiger partial charge >= 0.3 is 5.97 Å². The lowest BCUT2D eigenvalue weighted by Crippen LogP contribution is -2.26. The number of nitrogens with one attached hydrogen (secondary N) is 1. The first-order valence-corrected chi connectivity index (χ1v) is 10.5. The van der Waals surface area contributed by atoms with Gasteiger partial charge in [-0.2, -0.15) is 0 Å². The molecule has 1 amide bonds. The molecule has 1 heterocycles. The molecule has 1 atom stereocenters. The fraction of sp³-hybridized carbons (Fsp3) is 0.0952. The van der Waals surface area contributed by atoms with E-state index < -0.39 is 18.0 Å². The molecule has 0 aliphatic rings. The van der Waals surface area contributed by atoms with Crippen LogP contribution in [-0.4, -0.2) is 23.1 Å². The number of anilines is 1. The van der Waals surface area contributed by atoms with Gasteiger partial charge in [0.1, 0.15) is 5.03 Å². The number of carbonyl (C=O) groups excluding carboxylic acids is 2. The van der Waals surface area contributed by atoms with Gasteiger partial charge in [0.2, 0.25) is 6.10 Å². The summed E-state index contributed by atoms with van der Waals surface area (Å²) in [6.45, 7) is 0. The van der Waals surface area contributed by atoms with Crippen molar-refractivity contribution in [3.05, 3.63) is 88.0 Å². The molecule has 8 heteroatoms. The average Bonchev–Trinajstić information content (AvgIpc) is 2.71. The van der Waals surface area contributed by atoms with Crippen LogP contribution in [0.1, 0.15) is 22.0 Å². The Kier molecular flexibility index (Phi) is 7.14. The van der Waals surface area contributed by atoms with Crippen molar-refractivity contribution < 1.29 is 14.3 Å². The van der Waals surface area contributed by atoms with E-state index in [0.717, 1.165) is 0 Å². The van der Waals surface area contributed by atoms with Gasteiger partial charge in [0.15, 0.2) is 0 Å². The summed E-state index contributed by atoms with van der Waals surface area (Å²) in [5.74, 6) is -1.17. The Morgan fingerprint density at radius 3 is 2.38 bits per heavy atom. The number of rotatable bonds is 6.